The van der Waals surface area contributed by atoms with Crippen molar-refractivity contribution >= 4 is 51.4 Å². The lowest BCUT2D eigenvalue weighted by Crippen LogP contribution is -2.47. The van der Waals surface area contributed by atoms with Crippen LogP contribution in [-0.2, 0) is 11.3 Å². The number of carbonyl (C=O) groups is 2. The average Bonchev–Trinajstić information content (AvgIpc) is 3.10. The van der Waals surface area contributed by atoms with Crippen LogP contribution in [0.15, 0.2) is 36.5 Å². The molecule has 7 nitrogen and oxygen atoms in total. The summed E-state index contributed by atoms with van der Waals surface area (Å²) in [6.07, 6.45) is 4.38. The van der Waals surface area contributed by atoms with Crippen molar-refractivity contribution in [3.8, 4) is 0 Å². The van der Waals surface area contributed by atoms with Crippen molar-refractivity contribution < 1.29 is 14.7 Å². The summed E-state index contributed by atoms with van der Waals surface area (Å²) in [6.45, 7) is 7.21. The lowest BCUT2D eigenvalue weighted by atomic mass is 10.2. The Bertz CT molecular complexity index is 1080. The Labute approximate surface area is 193 Å². The number of fused-ring (bicyclic) bond motifs is 3. The second kappa shape index (κ2) is 11.2. The van der Waals surface area contributed by atoms with Gasteiger partial charge < -0.3 is 14.6 Å². The zero-order valence-electron chi connectivity index (χ0n) is 19.0. The van der Waals surface area contributed by atoms with E-state index in [-0.39, 0.29) is 0 Å². The highest BCUT2D eigenvalue weighted by Gasteiger charge is 2.28. The molecule has 3 rings (SSSR count). The maximum Gasteiger partial charge on any atom is 0.326 e. The van der Waals surface area contributed by atoms with Crippen LogP contribution in [-0.4, -0.2) is 55.7 Å². The summed E-state index contributed by atoms with van der Waals surface area (Å²) >= 11 is 1.67. The van der Waals surface area contributed by atoms with Crippen molar-refractivity contribution in [2.45, 2.75) is 52.6 Å². The standard InChI is InChI=1S/C24H32N4O3S/c1-4-7-13-28-19-11-9-8-10-17(19)18-15-22(25-16-21(18)28)26-24(31)27(5-2)20(23(29)30)12-14-32-6-3/h8-11,15-16,20H,4-7,12-14H2,1-3H3,(H,29,30)(H,25,26,31)/t20-/m0/s1. The van der Waals surface area contributed by atoms with E-state index in [1.54, 1.807) is 24.9 Å². The molecule has 0 fully saturated rings. The van der Waals surface area contributed by atoms with E-state index in [1.807, 2.05) is 25.1 Å². The van der Waals surface area contributed by atoms with Crippen LogP contribution < -0.4 is 5.32 Å². The van der Waals surface area contributed by atoms with Gasteiger partial charge in [0.05, 0.1) is 11.7 Å². The van der Waals surface area contributed by atoms with E-state index < -0.39 is 18.0 Å². The van der Waals surface area contributed by atoms with E-state index in [0.29, 0.717) is 24.5 Å². The van der Waals surface area contributed by atoms with Gasteiger partial charge in [-0.25, -0.2) is 14.6 Å². The fourth-order valence-electron chi connectivity index (χ4n) is 4.01. The molecule has 172 valence electrons. The summed E-state index contributed by atoms with van der Waals surface area (Å²) in [5.41, 5.74) is 2.18. The molecule has 3 aromatic rings. The lowest BCUT2D eigenvalue weighted by Gasteiger charge is -2.27. The number of carboxylic acid groups (broad SMARTS) is 1. The third-order valence-electron chi connectivity index (χ3n) is 5.63. The number of nitrogens with one attached hydrogen (secondary N) is 1. The number of anilines is 1. The van der Waals surface area contributed by atoms with Crippen molar-refractivity contribution in [1.29, 1.82) is 0 Å². The van der Waals surface area contributed by atoms with Crippen molar-refractivity contribution in [2.75, 3.05) is 23.4 Å². The highest BCUT2D eigenvalue weighted by Crippen LogP contribution is 2.30. The number of hydrogen-bond donors (Lipinski definition) is 2. The largest absolute Gasteiger partial charge is 0.480 e. The first-order valence-corrected chi connectivity index (χ1v) is 12.4. The number of benzene rings is 1. The maximum absolute atomic E-state index is 13.0. The maximum atomic E-state index is 13.0. The minimum atomic E-state index is -0.985. The molecule has 1 aromatic carbocycles. The van der Waals surface area contributed by atoms with Gasteiger partial charge in [-0.1, -0.05) is 38.5 Å². The number of aromatic nitrogens is 2. The van der Waals surface area contributed by atoms with E-state index in [1.165, 1.54) is 4.90 Å². The van der Waals surface area contributed by atoms with Crippen LogP contribution in [0.25, 0.3) is 21.8 Å². The molecule has 32 heavy (non-hydrogen) atoms. The van der Waals surface area contributed by atoms with Crippen molar-refractivity contribution in [2.24, 2.45) is 0 Å². The topological polar surface area (TPSA) is 87.5 Å². The number of rotatable bonds is 11. The number of aliphatic carboxylic acids is 1. The number of carboxylic acids is 1. The molecule has 2 N–H and O–H groups in total. The molecule has 0 aliphatic heterocycles. The zero-order chi connectivity index (χ0) is 23.1. The highest BCUT2D eigenvalue weighted by atomic mass is 32.2. The van der Waals surface area contributed by atoms with Gasteiger partial charge in [0.2, 0.25) is 0 Å². The average molecular weight is 457 g/mol. The fraction of sp³-hybridized carbons (Fsp3) is 0.458. The molecule has 2 aromatic heterocycles. The molecule has 0 saturated carbocycles. The Morgan fingerprint density at radius 1 is 1.19 bits per heavy atom. The predicted molar refractivity (Wildman–Crippen MR) is 133 cm³/mol. The van der Waals surface area contributed by atoms with Crippen LogP contribution in [0, 0.1) is 0 Å². The quantitative estimate of drug-likeness (QED) is 0.375. The Morgan fingerprint density at radius 3 is 2.66 bits per heavy atom. The summed E-state index contributed by atoms with van der Waals surface area (Å²) < 4.78 is 2.27. The first-order valence-electron chi connectivity index (χ1n) is 11.3. The van der Waals surface area contributed by atoms with Crippen LogP contribution >= 0.6 is 11.8 Å². The monoisotopic (exact) mass is 456 g/mol. The summed E-state index contributed by atoms with van der Waals surface area (Å²) in [5, 5.41) is 14.6. The molecule has 0 saturated heterocycles. The van der Waals surface area contributed by atoms with Gasteiger partial charge >= 0.3 is 12.0 Å². The van der Waals surface area contributed by atoms with E-state index in [0.717, 1.165) is 46.9 Å². The highest BCUT2D eigenvalue weighted by molar-refractivity contribution is 7.99. The number of aryl methyl sites for hydroxylation is 1. The number of urea groups is 1. The van der Waals surface area contributed by atoms with Crippen LogP contribution in [0.2, 0.25) is 0 Å². The van der Waals surface area contributed by atoms with Gasteiger partial charge in [0, 0.05) is 29.4 Å². The molecule has 1 atom stereocenters. The van der Waals surface area contributed by atoms with E-state index in [2.05, 4.69) is 33.9 Å². The number of unbranched alkanes of at least 4 members (excludes halogenated alkanes) is 1. The molecule has 2 amide bonds. The molecular formula is C24H32N4O3S. The molecule has 0 aliphatic rings. The summed E-state index contributed by atoms with van der Waals surface area (Å²) in [4.78, 5) is 30.6. The van der Waals surface area contributed by atoms with Crippen LogP contribution in [0.5, 0.6) is 0 Å². The lowest BCUT2D eigenvalue weighted by molar-refractivity contribution is -0.142. The zero-order valence-corrected chi connectivity index (χ0v) is 19.8. The normalized spacial score (nSPS) is 12.2. The smallest absolute Gasteiger partial charge is 0.326 e. The number of carbonyl (C=O) groups excluding carboxylic acids is 1. The molecule has 0 radical (unpaired) electrons. The second-order valence-corrected chi connectivity index (χ2v) is 9.06. The third-order valence-corrected chi connectivity index (χ3v) is 6.56. The Kier molecular flexibility index (Phi) is 8.39. The summed E-state index contributed by atoms with van der Waals surface area (Å²) in [7, 11) is 0. The minimum absolute atomic E-state index is 0.304. The second-order valence-electron chi connectivity index (χ2n) is 7.66. The molecule has 0 spiro atoms. The summed E-state index contributed by atoms with van der Waals surface area (Å²) in [5.74, 6) is 1.05. The van der Waals surface area contributed by atoms with Crippen molar-refractivity contribution in [3.63, 3.8) is 0 Å². The minimum Gasteiger partial charge on any atom is -0.480 e. The fourth-order valence-corrected chi connectivity index (χ4v) is 4.69. The number of thioether (sulfide) groups is 1. The van der Waals surface area contributed by atoms with Gasteiger partial charge in [-0.15, -0.1) is 0 Å². The van der Waals surface area contributed by atoms with Gasteiger partial charge in [0.1, 0.15) is 11.9 Å². The van der Waals surface area contributed by atoms with Crippen LogP contribution in [0.1, 0.15) is 40.0 Å². The van der Waals surface area contributed by atoms with Crippen molar-refractivity contribution in [3.05, 3.63) is 36.5 Å². The van der Waals surface area contributed by atoms with Gasteiger partial charge in [-0.05, 0) is 43.4 Å². The molecule has 0 bridgehead atoms. The van der Waals surface area contributed by atoms with Gasteiger partial charge in [-0.2, -0.15) is 11.8 Å². The SMILES string of the molecule is CCCCn1c2ccccc2c2cc(NC(=O)N(CC)[C@@H](CCSCC)C(=O)O)ncc21. The Morgan fingerprint density at radius 2 is 1.97 bits per heavy atom. The van der Waals surface area contributed by atoms with Gasteiger partial charge in [0.25, 0.3) is 0 Å². The number of nitrogens with zero attached hydrogens (tertiary/aromatic N) is 3. The molecule has 8 heteroatoms. The number of amides is 2. The van der Waals surface area contributed by atoms with Gasteiger partial charge in [0.15, 0.2) is 0 Å². The van der Waals surface area contributed by atoms with Gasteiger partial charge in [-0.3, -0.25) is 5.32 Å². The van der Waals surface area contributed by atoms with E-state index in [9.17, 15) is 14.7 Å². The number of hydrogen-bond acceptors (Lipinski definition) is 4. The first kappa shape index (κ1) is 23.9. The van der Waals surface area contributed by atoms with Crippen LogP contribution in [0.4, 0.5) is 10.6 Å². The Balaban J connectivity index is 1.88. The predicted octanol–water partition coefficient (Wildman–Crippen LogP) is 5.44. The number of para-hydroxylation sites is 1. The number of pyridine rings is 1. The Hall–Kier alpha value is -2.74. The van der Waals surface area contributed by atoms with Crippen LogP contribution in [0.3, 0.4) is 0 Å². The molecule has 0 aliphatic carbocycles. The molecular weight excluding hydrogens is 424 g/mol. The number of likely N-dealkylation sites (N-methyl/N-ethyl adjacent to an activating group) is 1. The first-order chi connectivity index (χ1) is 15.5. The summed E-state index contributed by atoms with van der Waals surface area (Å²) in [6, 6.07) is 8.80. The third kappa shape index (κ3) is 5.18. The molecule has 2 heterocycles. The molecule has 0 unspecified atom stereocenters. The van der Waals surface area contributed by atoms with E-state index in [4.69, 9.17) is 0 Å². The van der Waals surface area contributed by atoms with Crippen molar-refractivity contribution in [1.82, 2.24) is 14.5 Å². The van der Waals surface area contributed by atoms with E-state index >= 15 is 0 Å².